The highest BCUT2D eigenvalue weighted by molar-refractivity contribution is 9.08. The van der Waals surface area contributed by atoms with Crippen LogP contribution in [0.4, 0.5) is 0 Å². The molecule has 0 aliphatic carbocycles. The third-order valence-corrected chi connectivity index (χ3v) is 4.08. The molecule has 0 bridgehead atoms. The third-order valence-electron chi connectivity index (χ3n) is 3.12. The minimum Gasteiger partial charge on any atom is -0.457 e. The molecular weight excluding hydrogens is 336 g/mol. The van der Waals surface area contributed by atoms with Gasteiger partial charge in [0.2, 0.25) is 0 Å². The van der Waals surface area contributed by atoms with Crippen LogP contribution in [0.5, 0.6) is 11.5 Å². The molecule has 0 radical (unpaired) electrons. The van der Waals surface area contributed by atoms with Crippen molar-refractivity contribution in [1.29, 1.82) is 0 Å². The molecule has 0 unspecified atom stereocenters. The molecule has 0 saturated carbocycles. The van der Waals surface area contributed by atoms with Crippen LogP contribution in [0.15, 0.2) is 42.5 Å². The van der Waals surface area contributed by atoms with Crippen molar-refractivity contribution in [3.05, 3.63) is 58.6 Å². The van der Waals surface area contributed by atoms with Crippen molar-refractivity contribution in [2.75, 3.05) is 0 Å². The molecule has 2 aromatic carbocycles. The van der Waals surface area contributed by atoms with Gasteiger partial charge in [-0.2, -0.15) is 0 Å². The van der Waals surface area contributed by atoms with Gasteiger partial charge in [0.1, 0.15) is 11.5 Å². The zero-order valence-electron chi connectivity index (χ0n) is 11.9. The molecule has 1 nitrogen and oxygen atoms in total. The van der Waals surface area contributed by atoms with E-state index in [2.05, 4.69) is 48.8 Å². The van der Waals surface area contributed by atoms with E-state index in [1.54, 1.807) is 0 Å². The lowest BCUT2D eigenvalue weighted by molar-refractivity contribution is 0.481. The van der Waals surface area contributed by atoms with Crippen molar-refractivity contribution >= 4 is 27.5 Å². The third kappa shape index (κ3) is 3.77. The van der Waals surface area contributed by atoms with Crippen molar-refractivity contribution in [3.8, 4) is 11.5 Å². The Labute approximate surface area is 134 Å². The van der Waals surface area contributed by atoms with E-state index in [-0.39, 0.29) is 5.41 Å². The maximum Gasteiger partial charge on any atom is 0.128 e. The van der Waals surface area contributed by atoms with Crippen LogP contribution in [-0.4, -0.2) is 0 Å². The molecule has 0 aromatic heterocycles. The van der Waals surface area contributed by atoms with Crippen molar-refractivity contribution in [1.82, 2.24) is 0 Å². The lowest BCUT2D eigenvalue weighted by Crippen LogP contribution is -2.10. The molecule has 0 saturated heterocycles. The van der Waals surface area contributed by atoms with Crippen LogP contribution < -0.4 is 4.74 Å². The molecule has 0 N–H and O–H groups in total. The second kappa shape index (κ2) is 6.19. The standard InChI is InChI=1S/C17H18BrClO/c1-17(2,3)13-5-8-14(9-6-13)20-15-7-4-12(11-18)16(19)10-15/h4-10H,11H2,1-3H3. The highest BCUT2D eigenvalue weighted by Gasteiger charge is 2.13. The SMILES string of the molecule is CC(C)(C)c1ccc(Oc2ccc(CBr)c(Cl)c2)cc1. The predicted molar refractivity (Wildman–Crippen MR) is 89.3 cm³/mol. The molecule has 106 valence electrons. The van der Waals surface area contributed by atoms with Gasteiger partial charge in [-0.05, 0) is 40.8 Å². The minimum absolute atomic E-state index is 0.152. The van der Waals surface area contributed by atoms with Gasteiger partial charge in [-0.1, -0.05) is 66.5 Å². The van der Waals surface area contributed by atoms with E-state index >= 15 is 0 Å². The minimum atomic E-state index is 0.152. The van der Waals surface area contributed by atoms with Crippen LogP contribution in [0.2, 0.25) is 5.02 Å². The van der Waals surface area contributed by atoms with Crippen molar-refractivity contribution in [2.24, 2.45) is 0 Å². The molecule has 0 aliphatic rings. The average molecular weight is 354 g/mol. The van der Waals surface area contributed by atoms with Gasteiger partial charge in [0.25, 0.3) is 0 Å². The Kier molecular flexibility index (Phi) is 4.77. The van der Waals surface area contributed by atoms with Gasteiger partial charge in [0.15, 0.2) is 0 Å². The summed E-state index contributed by atoms with van der Waals surface area (Å²) in [6.45, 7) is 6.59. The van der Waals surface area contributed by atoms with E-state index in [4.69, 9.17) is 16.3 Å². The zero-order valence-corrected chi connectivity index (χ0v) is 14.3. The quantitative estimate of drug-likeness (QED) is 0.586. The average Bonchev–Trinajstić information content (AvgIpc) is 2.38. The first-order valence-corrected chi connectivity index (χ1v) is 8.03. The highest BCUT2D eigenvalue weighted by atomic mass is 79.9. The Hall–Kier alpha value is -0.990. The molecule has 0 spiro atoms. The monoisotopic (exact) mass is 352 g/mol. The molecule has 2 rings (SSSR count). The van der Waals surface area contributed by atoms with E-state index in [9.17, 15) is 0 Å². The topological polar surface area (TPSA) is 9.23 Å². The summed E-state index contributed by atoms with van der Waals surface area (Å²) in [5.41, 5.74) is 2.50. The second-order valence-electron chi connectivity index (χ2n) is 5.76. The van der Waals surface area contributed by atoms with Gasteiger partial charge in [-0.3, -0.25) is 0 Å². The first-order valence-electron chi connectivity index (χ1n) is 6.53. The highest BCUT2D eigenvalue weighted by Crippen LogP contribution is 2.29. The van der Waals surface area contributed by atoms with E-state index in [0.717, 1.165) is 22.4 Å². The van der Waals surface area contributed by atoms with E-state index in [1.807, 2.05) is 30.3 Å². The molecule has 3 heteroatoms. The fraction of sp³-hybridized carbons (Fsp3) is 0.294. The van der Waals surface area contributed by atoms with Crippen LogP contribution in [0.1, 0.15) is 31.9 Å². The lowest BCUT2D eigenvalue weighted by Gasteiger charge is -2.19. The first kappa shape index (κ1) is 15.4. The molecule has 20 heavy (non-hydrogen) atoms. The Morgan fingerprint density at radius 1 is 1.00 bits per heavy atom. The largest absolute Gasteiger partial charge is 0.457 e. The van der Waals surface area contributed by atoms with Crippen molar-refractivity contribution in [2.45, 2.75) is 31.5 Å². The van der Waals surface area contributed by atoms with Crippen LogP contribution in [-0.2, 0) is 10.7 Å². The van der Waals surface area contributed by atoms with Crippen LogP contribution >= 0.6 is 27.5 Å². The van der Waals surface area contributed by atoms with Gasteiger partial charge in [0, 0.05) is 10.4 Å². The molecule has 2 aromatic rings. The van der Waals surface area contributed by atoms with E-state index in [1.165, 1.54) is 5.56 Å². The summed E-state index contributed by atoms with van der Waals surface area (Å²) in [6, 6.07) is 13.9. The smallest absolute Gasteiger partial charge is 0.128 e. The maximum absolute atomic E-state index is 6.17. The Morgan fingerprint density at radius 3 is 2.10 bits per heavy atom. The molecule has 0 amide bonds. The van der Waals surface area contributed by atoms with E-state index in [0.29, 0.717) is 5.02 Å². The molecule has 0 atom stereocenters. The summed E-state index contributed by atoms with van der Waals surface area (Å²) in [4.78, 5) is 0. The summed E-state index contributed by atoms with van der Waals surface area (Å²) in [5.74, 6) is 1.57. The molecule has 0 heterocycles. The summed E-state index contributed by atoms with van der Waals surface area (Å²) in [5, 5.41) is 1.46. The number of alkyl halides is 1. The van der Waals surface area contributed by atoms with Gasteiger partial charge >= 0.3 is 0 Å². The number of halogens is 2. The van der Waals surface area contributed by atoms with E-state index < -0.39 is 0 Å². The fourth-order valence-corrected chi connectivity index (χ4v) is 2.75. The number of hydrogen-bond donors (Lipinski definition) is 0. The van der Waals surface area contributed by atoms with Crippen LogP contribution in [0, 0.1) is 0 Å². The lowest BCUT2D eigenvalue weighted by atomic mass is 9.87. The predicted octanol–water partition coefficient (Wildman–Crippen LogP) is 6.32. The number of hydrogen-bond acceptors (Lipinski definition) is 1. The Bertz CT molecular complexity index is 585. The fourth-order valence-electron chi connectivity index (χ4n) is 1.86. The summed E-state index contributed by atoms with van der Waals surface area (Å²) in [6.07, 6.45) is 0. The second-order valence-corrected chi connectivity index (χ2v) is 6.73. The summed E-state index contributed by atoms with van der Waals surface area (Å²) in [7, 11) is 0. The van der Waals surface area contributed by atoms with Gasteiger partial charge in [-0.25, -0.2) is 0 Å². The molecule has 0 aliphatic heterocycles. The Balaban J connectivity index is 2.16. The normalized spacial score (nSPS) is 11.4. The Morgan fingerprint density at radius 2 is 1.60 bits per heavy atom. The number of ether oxygens (including phenoxy) is 1. The van der Waals surface area contributed by atoms with Crippen molar-refractivity contribution in [3.63, 3.8) is 0 Å². The van der Waals surface area contributed by atoms with Gasteiger partial charge < -0.3 is 4.74 Å². The summed E-state index contributed by atoms with van der Waals surface area (Å²) >= 11 is 9.57. The van der Waals surface area contributed by atoms with Crippen LogP contribution in [0.3, 0.4) is 0 Å². The first-order chi connectivity index (χ1) is 9.40. The summed E-state index contributed by atoms with van der Waals surface area (Å²) < 4.78 is 5.83. The number of rotatable bonds is 3. The van der Waals surface area contributed by atoms with Crippen LogP contribution in [0.25, 0.3) is 0 Å². The van der Waals surface area contributed by atoms with Gasteiger partial charge in [-0.15, -0.1) is 0 Å². The number of benzene rings is 2. The molecule has 0 fully saturated rings. The molecular formula is C17H18BrClO. The van der Waals surface area contributed by atoms with Gasteiger partial charge in [0.05, 0.1) is 0 Å². The van der Waals surface area contributed by atoms with Crippen molar-refractivity contribution < 1.29 is 4.74 Å². The zero-order chi connectivity index (χ0) is 14.8. The maximum atomic E-state index is 6.17.